The van der Waals surface area contributed by atoms with Gasteiger partial charge in [-0.1, -0.05) is 12.1 Å². The number of alkyl halides is 3. The van der Waals surface area contributed by atoms with Crippen molar-refractivity contribution in [2.45, 2.75) is 44.8 Å². The van der Waals surface area contributed by atoms with Crippen molar-refractivity contribution in [3.05, 3.63) is 54.0 Å². The summed E-state index contributed by atoms with van der Waals surface area (Å²) < 4.78 is 38.9. The number of hydrogen-bond acceptors (Lipinski definition) is 6. The molecular weight excluding hydrogens is 459 g/mol. The number of aromatic nitrogens is 4. The van der Waals surface area contributed by atoms with Gasteiger partial charge in [-0.3, -0.25) is 9.48 Å². The first kappa shape index (κ1) is 24.2. The Kier molecular flexibility index (Phi) is 7.00. The summed E-state index contributed by atoms with van der Waals surface area (Å²) in [5.74, 6) is -0.304. The van der Waals surface area contributed by atoms with Crippen LogP contribution in [0.25, 0.3) is 11.3 Å². The summed E-state index contributed by atoms with van der Waals surface area (Å²) in [6.45, 7) is 0.462. The third-order valence-electron chi connectivity index (χ3n) is 5.95. The first-order chi connectivity index (χ1) is 16.7. The maximum atomic E-state index is 12.3. The number of nitrogens with one attached hydrogen (secondary N) is 2. The summed E-state index contributed by atoms with van der Waals surface area (Å²) in [4.78, 5) is 20.9. The minimum absolute atomic E-state index is 0.124. The van der Waals surface area contributed by atoms with Crippen molar-refractivity contribution in [1.82, 2.24) is 25.1 Å². The van der Waals surface area contributed by atoms with Crippen molar-refractivity contribution < 1.29 is 18.0 Å². The van der Waals surface area contributed by atoms with Gasteiger partial charge in [0, 0.05) is 29.4 Å². The largest absolute Gasteiger partial charge is 0.405 e. The fraction of sp³-hybridized carbons (Fsp3) is 0.375. The van der Waals surface area contributed by atoms with E-state index in [9.17, 15) is 18.0 Å². The maximum Gasteiger partial charge on any atom is 0.405 e. The summed E-state index contributed by atoms with van der Waals surface area (Å²) in [7, 11) is 0. The second kappa shape index (κ2) is 10.1. The molecule has 4 rings (SSSR count). The first-order valence-electron chi connectivity index (χ1n) is 11.2. The zero-order valence-corrected chi connectivity index (χ0v) is 19.0. The minimum Gasteiger partial charge on any atom is -0.343 e. The molecule has 1 aromatic carbocycles. The van der Waals surface area contributed by atoms with Crippen LogP contribution in [0.15, 0.2) is 42.9 Å². The maximum absolute atomic E-state index is 12.3. The topological polar surface area (TPSA) is 109 Å². The molecular formula is C24H24F3N7O. The van der Waals surface area contributed by atoms with Crippen LogP contribution in [-0.2, 0) is 0 Å². The molecule has 2 aromatic heterocycles. The van der Waals surface area contributed by atoms with Crippen molar-refractivity contribution in [3.63, 3.8) is 0 Å². The van der Waals surface area contributed by atoms with Gasteiger partial charge in [-0.25, -0.2) is 9.97 Å². The van der Waals surface area contributed by atoms with Crippen LogP contribution in [0.3, 0.4) is 0 Å². The van der Waals surface area contributed by atoms with E-state index in [-0.39, 0.29) is 17.5 Å². The number of nitriles is 1. The standard InChI is InChI=1S/C24H24F3N7O/c1-15-11-29-23(32-19-12-31-34(13-19)20-8-2-16(10-28)3-9-20)33-21(15)17-4-6-18(7-5-17)22(35)30-14-24(25,26)27/h4-7,11-13,16,20H,2-3,8-9,14H2,1H3,(H,30,35)(H,29,32,33)/t16-,20+. The summed E-state index contributed by atoms with van der Waals surface area (Å²) in [5.41, 5.74) is 2.99. The van der Waals surface area contributed by atoms with E-state index < -0.39 is 18.6 Å². The lowest BCUT2D eigenvalue weighted by atomic mass is 9.87. The minimum atomic E-state index is -4.47. The third kappa shape index (κ3) is 6.15. The molecule has 1 aliphatic rings. The number of carbonyl (C=O) groups is 1. The Bertz CT molecular complexity index is 1220. The van der Waals surface area contributed by atoms with Crippen LogP contribution >= 0.6 is 0 Å². The van der Waals surface area contributed by atoms with E-state index in [0.717, 1.165) is 36.9 Å². The lowest BCUT2D eigenvalue weighted by Gasteiger charge is -2.24. The lowest BCUT2D eigenvalue weighted by Crippen LogP contribution is -2.33. The van der Waals surface area contributed by atoms with Crippen LogP contribution in [0.5, 0.6) is 0 Å². The molecule has 0 radical (unpaired) electrons. The van der Waals surface area contributed by atoms with Gasteiger partial charge in [0.25, 0.3) is 5.91 Å². The van der Waals surface area contributed by atoms with Crippen LogP contribution in [0.4, 0.5) is 24.8 Å². The second-order valence-corrected chi connectivity index (χ2v) is 8.57. The van der Waals surface area contributed by atoms with Crippen molar-refractivity contribution in [2.75, 3.05) is 11.9 Å². The van der Waals surface area contributed by atoms with E-state index >= 15 is 0 Å². The van der Waals surface area contributed by atoms with E-state index in [1.807, 2.05) is 23.1 Å². The smallest absolute Gasteiger partial charge is 0.343 e. The van der Waals surface area contributed by atoms with Gasteiger partial charge < -0.3 is 10.6 Å². The third-order valence-corrected chi connectivity index (χ3v) is 5.95. The normalized spacial score (nSPS) is 18.0. The number of aryl methyl sites for hydroxylation is 1. The van der Waals surface area contributed by atoms with Crippen molar-refractivity contribution in [3.8, 4) is 17.3 Å². The van der Waals surface area contributed by atoms with Gasteiger partial charge in [0.05, 0.1) is 29.7 Å². The molecule has 35 heavy (non-hydrogen) atoms. The molecule has 1 fully saturated rings. The van der Waals surface area contributed by atoms with Gasteiger partial charge in [-0.05, 0) is 50.3 Å². The molecule has 1 aliphatic carbocycles. The van der Waals surface area contributed by atoms with Crippen LogP contribution < -0.4 is 10.6 Å². The average Bonchev–Trinajstić information content (AvgIpc) is 3.32. The van der Waals surface area contributed by atoms with Crippen LogP contribution in [0, 0.1) is 24.2 Å². The zero-order valence-electron chi connectivity index (χ0n) is 19.0. The zero-order chi connectivity index (χ0) is 25.0. The van der Waals surface area contributed by atoms with Crippen LogP contribution in [-0.4, -0.2) is 38.4 Å². The summed E-state index contributed by atoms with van der Waals surface area (Å²) >= 11 is 0. The molecule has 0 aliphatic heterocycles. The lowest BCUT2D eigenvalue weighted by molar-refractivity contribution is -0.123. The van der Waals surface area contributed by atoms with E-state index in [1.165, 1.54) is 12.1 Å². The molecule has 0 atom stereocenters. The van der Waals surface area contributed by atoms with Gasteiger partial charge in [0.2, 0.25) is 5.95 Å². The molecule has 0 unspecified atom stereocenters. The number of nitrogens with zero attached hydrogens (tertiary/aromatic N) is 5. The molecule has 182 valence electrons. The van der Waals surface area contributed by atoms with Crippen LogP contribution in [0.1, 0.15) is 47.6 Å². The summed E-state index contributed by atoms with van der Waals surface area (Å²) in [6, 6.07) is 8.79. The number of halogens is 3. The molecule has 0 saturated heterocycles. The number of hydrogen-bond donors (Lipinski definition) is 2. The van der Waals surface area contributed by atoms with Gasteiger partial charge in [-0.15, -0.1) is 0 Å². The Morgan fingerprint density at radius 2 is 1.89 bits per heavy atom. The quantitative estimate of drug-likeness (QED) is 0.514. The molecule has 1 amide bonds. The Balaban J connectivity index is 1.44. The highest BCUT2D eigenvalue weighted by Crippen LogP contribution is 2.32. The predicted octanol–water partition coefficient (Wildman–Crippen LogP) is 4.94. The number of anilines is 2. The van der Waals surface area contributed by atoms with E-state index in [2.05, 4.69) is 26.5 Å². The number of amides is 1. The molecule has 8 nitrogen and oxygen atoms in total. The highest BCUT2D eigenvalue weighted by molar-refractivity contribution is 5.94. The van der Waals surface area contributed by atoms with Gasteiger partial charge in [0.15, 0.2) is 0 Å². The van der Waals surface area contributed by atoms with Crippen molar-refractivity contribution in [1.29, 1.82) is 5.26 Å². The number of benzene rings is 1. The van der Waals surface area contributed by atoms with E-state index in [4.69, 9.17) is 5.26 Å². The molecule has 11 heteroatoms. The summed E-state index contributed by atoms with van der Waals surface area (Å²) in [6.07, 6.45) is 4.37. The molecule has 3 aromatic rings. The second-order valence-electron chi connectivity index (χ2n) is 8.57. The van der Waals surface area contributed by atoms with Gasteiger partial charge in [-0.2, -0.15) is 23.5 Å². The monoisotopic (exact) mass is 483 g/mol. The SMILES string of the molecule is Cc1cnc(Nc2cnn([C@H]3CC[C@@H](C#N)CC3)c2)nc1-c1ccc(C(=O)NCC(F)(F)F)cc1. The first-order valence-corrected chi connectivity index (χ1v) is 11.2. The number of carbonyl (C=O) groups excluding carboxylic acids is 1. The van der Waals surface area contributed by atoms with E-state index in [1.54, 1.807) is 24.5 Å². The Morgan fingerprint density at radius 3 is 2.54 bits per heavy atom. The highest BCUT2D eigenvalue weighted by Gasteiger charge is 2.28. The van der Waals surface area contributed by atoms with Crippen molar-refractivity contribution in [2.24, 2.45) is 5.92 Å². The van der Waals surface area contributed by atoms with Crippen molar-refractivity contribution >= 4 is 17.5 Å². The number of rotatable bonds is 6. The summed E-state index contributed by atoms with van der Waals surface area (Å²) in [5, 5.41) is 18.5. The van der Waals surface area contributed by atoms with Gasteiger partial charge in [0.1, 0.15) is 6.54 Å². The fourth-order valence-corrected chi connectivity index (χ4v) is 4.06. The predicted molar refractivity (Wildman–Crippen MR) is 123 cm³/mol. The van der Waals surface area contributed by atoms with Gasteiger partial charge >= 0.3 is 6.18 Å². The molecule has 0 bridgehead atoms. The highest BCUT2D eigenvalue weighted by atomic mass is 19.4. The Labute approximate surface area is 200 Å². The molecule has 0 spiro atoms. The van der Waals surface area contributed by atoms with E-state index in [0.29, 0.717) is 17.2 Å². The molecule has 2 N–H and O–H groups in total. The Morgan fingerprint density at radius 1 is 1.17 bits per heavy atom. The van der Waals surface area contributed by atoms with Crippen LogP contribution in [0.2, 0.25) is 0 Å². The average molecular weight is 483 g/mol. The fourth-order valence-electron chi connectivity index (χ4n) is 4.06. The molecule has 2 heterocycles. The Hall–Kier alpha value is -3.94. The molecule has 1 saturated carbocycles.